The first kappa shape index (κ1) is 25.4. The molecule has 0 aliphatic rings. The van der Waals surface area contributed by atoms with Gasteiger partial charge in [0.05, 0.1) is 28.2 Å². The number of hydrogen-bond acceptors (Lipinski definition) is 6. The number of aryl methyl sites for hydroxylation is 2. The van der Waals surface area contributed by atoms with Gasteiger partial charge in [0, 0.05) is 67.3 Å². The Bertz CT molecular complexity index is 1480. The SMILES string of the molecule is Cn1c(=O)c2c(-c3cccc(C#N)c3)n(CCCC(O)c3nc(Cl)cs3)cc2n(C)c1=O.[Na]. The van der Waals surface area contributed by atoms with Crippen LogP contribution in [0.4, 0.5) is 0 Å². The number of halogens is 1. The summed E-state index contributed by atoms with van der Waals surface area (Å²) in [6.07, 6.45) is 2.09. The molecule has 0 spiro atoms. The van der Waals surface area contributed by atoms with Gasteiger partial charge >= 0.3 is 5.69 Å². The Morgan fingerprint density at radius 2 is 2.03 bits per heavy atom. The normalized spacial score (nSPS) is 11.8. The number of thiazole rings is 1. The molecule has 4 rings (SSSR count). The molecule has 0 aliphatic heterocycles. The summed E-state index contributed by atoms with van der Waals surface area (Å²) in [4.78, 5) is 29.6. The standard InChI is InChI=1S/C22H20ClN5O3S.Na/c1-26-15-11-28(8-4-7-16(29)20-25-17(23)12-32-20)19(14-6-3-5-13(9-14)10-24)18(15)21(30)27(2)22(26)31;/h3,5-6,9,11-12,16,29H,4,7-8H2,1-2H3;. The zero-order chi connectivity index (χ0) is 23.0. The van der Waals surface area contributed by atoms with Gasteiger partial charge in [0.1, 0.15) is 16.3 Å². The van der Waals surface area contributed by atoms with E-state index in [1.165, 1.54) is 23.0 Å². The maximum atomic E-state index is 13.0. The molecule has 1 unspecified atom stereocenters. The largest absolute Gasteiger partial charge is 0.386 e. The van der Waals surface area contributed by atoms with E-state index in [9.17, 15) is 20.0 Å². The van der Waals surface area contributed by atoms with Gasteiger partial charge in [0.2, 0.25) is 0 Å². The summed E-state index contributed by atoms with van der Waals surface area (Å²) in [5, 5.41) is 22.7. The van der Waals surface area contributed by atoms with Crippen LogP contribution in [-0.2, 0) is 20.6 Å². The van der Waals surface area contributed by atoms with Crippen molar-refractivity contribution < 1.29 is 5.11 Å². The second-order valence-corrected chi connectivity index (χ2v) is 8.77. The van der Waals surface area contributed by atoms with Crippen molar-refractivity contribution in [1.82, 2.24) is 18.7 Å². The number of rotatable bonds is 6. The van der Waals surface area contributed by atoms with E-state index in [0.717, 1.165) is 4.57 Å². The first-order valence-corrected chi connectivity index (χ1v) is 11.2. The van der Waals surface area contributed by atoms with E-state index in [0.29, 0.717) is 57.3 Å². The number of hydrogen-bond donors (Lipinski definition) is 1. The Labute approximate surface area is 220 Å². The molecule has 0 fully saturated rings. The maximum Gasteiger partial charge on any atom is 0.330 e. The van der Waals surface area contributed by atoms with Crippen LogP contribution in [0.5, 0.6) is 0 Å². The summed E-state index contributed by atoms with van der Waals surface area (Å²) in [5.41, 5.74) is 1.54. The van der Waals surface area contributed by atoms with Crippen LogP contribution < -0.4 is 11.2 Å². The second-order valence-electron chi connectivity index (χ2n) is 7.50. The van der Waals surface area contributed by atoms with Gasteiger partial charge in [0.25, 0.3) is 5.56 Å². The minimum Gasteiger partial charge on any atom is -0.386 e. The van der Waals surface area contributed by atoms with E-state index < -0.39 is 17.4 Å². The van der Waals surface area contributed by atoms with Gasteiger partial charge in [-0.3, -0.25) is 13.9 Å². The summed E-state index contributed by atoms with van der Waals surface area (Å²) < 4.78 is 4.43. The second kappa shape index (κ2) is 10.4. The molecule has 11 heteroatoms. The molecule has 3 aromatic heterocycles. The van der Waals surface area contributed by atoms with E-state index in [1.807, 2.05) is 10.6 Å². The van der Waals surface area contributed by atoms with Crippen molar-refractivity contribution in [3.8, 4) is 17.3 Å². The maximum absolute atomic E-state index is 13.0. The molecule has 8 nitrogen and oxygen atoms in total. The third kappa shape index (κ3) is 4.87. The zero-order valence-corrected chi connectivity index (χ0v) is 22.0. The molecular weight excluding hydrogens is 473 g/mol. The van der Waals surface area contributed by atoms with E-state index in [2.05, 4.69) is 11.1 Å². The minimum atomic E-state index is -0.736. The molecule has 0 saturated heterocycles. The van der Waals surface area contributed by atoms with Crippen molar-refractivity contribution in [2.75, 3.05) is 0 Å². The first-order valence-electron chi connectivity index (χ1n) is 9.90. The molecule has 1 N–H and O–H groups in total. The molecule has 1 aromatic carbocycles. The van der Waals surface area contributed by atoms with Crippen LogP contribution in [0, 0.1) is 11.3 Å². The first-order chi connectivity index (χ1) is 15.3. The van der Waals surface area contributed by atoms with E-state index >= 15 is 0 Å². The van der Waals surface area contributed by atoms with Crippen molar-refractivity contribution in [3.63, 3.8) is 0 Å². The van der Waals surface area contributed by atoms with Gasteiger partial charge in [0.15, 0.2) is 0 Å². The summed E-state index contributed by atoms with van der Waals surface area (Å²) in [7, 11) is 3.08. The van der Waals surface area contributed by atoms with Crippen LogP contribution >= 0.6 is 22.9 Å². The Morgan fingerprint density at radius 3 is 2.70 bits per heavy atom. The van der Waals surface area contributed by atoms with Crippen LogP contribution in [0.1, 0.15) is 29.5 Å². The van der Waals surface area contributed by atoms with Gasteiger partial charge in [-0.2, -0.15) is 5.26 Å². The number of aliphatic hydroxyl groups is 1. The monoisotopic (exact) mass is 492 g/mol. The molecule has 4 aromatic rings. The van der Waals surface area contributed by atoms with Gasteiger partial charge in [-0.1, -0.05) is 23.7 Å². The zero-order valence-electron chi connectivity index (χ0n) is 18.4. The van der Waals surface area contributed by atoms with E-state index in [4.69, 9.17) is 11.6 Å². The van der Waals surface area contributed by atoms with Crippen LogP contribution in [0.3, 0.4) is 0 Å². The topological polar surface area (TPSA) is 106 Å². The Hall–Kier alpha value is -2.19. The number of nitrogens with zero attached hydrogens (tertiary/aromatic N) is 5. The molecule has 165 valence electrons. The van der Waals surface area contributed by atoms with Crippen molar-refractivity contribution in [2.24, 2.45) is 14.1 Å². The van der Waals surface area contributed by atoms with Gasteiger partial charge in [-0.05, 0) is 25.0 Å². The molecule has 0 amide bonds. The number of benzene rings is 1. The van der Waals surface area contributed by atoms with Crippen molar-refractivity contribution in [1.29, 1.82) is 5.26 Å². The number of aliphatic hydroxyl groups excluding tert-OH is 1. The fourth-order valence-electron chi connectivity index (χ4n) is 3.81. The molecule has 0 aliphatic carbocycles. The number of fused-ring (bicyclic) bond motifs is 1. The van der Waals surface area contributed by atoms with E-state index in [-0.39, 0.29) is 29.6 Å². The molecule has 1 radical (unpaired) electrons. The van der Waals surface area contributed by atoms with Crippen molar-refractivity contribution >= 4 is 63.4 Å². The van der Waals surface area contributed by atoms with Gasteiger partial charge in [-0.15, -0.1) is 11.3 Å². The quantitative estimate of drug-likeness (QED) is 0.417. The molecule has 1 atom stereocenters. The fraction of sp³-hybridized carbons (Fsp3) is 0.273. The third-order valence-corrected chi connectivity index (χ3v) is 6.70. The van der Waals surface area contributed by atoms with Crippen molar-refractivity contribution in [3.05, 3.63) is 72.4 Å². The summed E-state index contributed by atoms with van der Waals surface area (Å²) in [6.45, 7) is 0.494. The Balaban J connectivity index is 0.00000306. The number of aromatic nitrogens is 4. The molecular formula is C22H20ClN5NaO3S. The predicted molar refractivity (Wildman–Crippen MR) is 130 cm³/mol. The molecule has 0 saturated carbocycles. The average molecular weight is 493 g/mol. The predicted octanol–water partition coefficient (Wildman–Crippen LogP) is 2.82. The van der Waals surface area contributed by atoms with Crippen LogP contribution in [0.2, 0.25) is 5.15 Å². The Morgan fingerprint density at radius 1 is 1.27 bits per heavy atom. The fourth-order valence-corrected chi connectivity index (χ4v) is 4.78. The molecule has 3 heterocycles. The molecule has 0 bridgehead atoms. The third-order valence-electron chi connectivity index (χ3n) is 5.43. The smallest absolute Gasteiger partial charge is 0.330 e. The van der Waals surface area contributed by atoms with Gasteiger partial charge in [-0.25, -0.2) is 9.78 Å². The van der Waals surface area contributed by atoms with Crippen molar-refractivity contribution in [2.45, 2.75) is 25.5 Å². The Kier molecular flexibility index (Phi) is 8.00. The van der Waals surface area contributed by atoms with Gasteiger partial charge < -0.3 is 9.67 Å². The molecule has 33 heavy (non-hydrogen) atoms. The summed E-state index contributed by atoms with van der Waals surface area (Å²) >= 11 is 7.16. The minimum absolute atomic E-state index is 0. The van der Waals surface area contributed by atoms with E-state index in [1.54, 1.807) is 36.8 Å². The van der Waals surface area contributed by atoms with Crippen LogP contribution in [-0.4, -0.2) is 53.3 Å². The van der Waals surface area contributed by atoms with Crippen LogP contribution in [0.15, 0.2) is 45.4 Å². The number of nitriles is 1. The van der Waals surface area contributed by atoms with Crippen LogP contribution in [0.25, 0.3) is 22.2 Å². The summed E-state index contributed by atoms with van der Waals surface area (Å²) in [5.74, 6) is 0. The average Bonchev–Trinajstić information content (AvgIpc) is 3.40. The summed E-state index contributed by atoms with van der Waals surface area (Å²) in [6, 6.07) is 9.15.